The molecule has 154 valence electrons. The van der Waals surface area contributed by atoms with Gasteiger partial charge in [-0.25, -0.2) is 0 Å². The molecule has 3 rings (SSSR count). The van der Waals surface area contributed by atoms with Crippen molar-refractivity contribution >= 4 is 34.9 Å². The number of ether oxygens (including phenoxy) is 2. The van der Waals surface area contributed by atoms with Crippen molar-refractivity contribution in [2.75, 3.05) is 14.2 Å². The number of Topliss-reactive ketones (excluding diaryl/α,β-unsaturated/α-hetero) is 1. The highest BCUT2D eigenvalue weighted by molar-refractivity contribution is 6.53. The van der Waals surface area contributed by atoms with Gasteiger partial charge in [-0.2, -0.15) is 0 Å². The predicted octanol–water partition coefficient (Wildman–Crippen LogP) is 4.73. The van der Waals surface area contributed by atoms with Crippen molar-refractivity contribution in [1.29, 1.82) is 0 Å². The number of halogens is 2. The van der Waals surface area contributed by atoms with Gasteiger partial charge in [0.15, 0.2) is 4.84 Å². The third-order valence-electron chi connectivity index (χ3n) is 5.41. The lowest BCUT2D eigenvalue weighted by atomic mass is 9.80. The molecular formula is C22H23Cl2NO4. The van der Waals surface area contributed by atoms with Crippen molar-refractivity contribution in [3.63, 3.8) is 0 Å². The van der Waals surface area contributed by atoms with Crippen LogP contribution in [0.4, 0.5) is 0 Å². The number of nitrogens with zero attached hydrogens (tertiary/aromatic N) is 1. The number of hydrogen-bond donors (Lipinski definition) is 0. The standard InChI is InChI=1S/C22H23Cl2NO4/c1-13-19(26)12-18(14-4-8-16(28-2)9-5-14)25(22(27)21(23)24)20(13)15-6-10-17(29-3)11-7-15/h4-11,13,18,20-21H,12H2,1-3H3/t13-,18+,20-/m1/s1. The Hall–Kier alpha value is -2.24. The van der Waals surface area contributed by atoms with Gasteiger partial charge >= 0.3 is 0 Å². The fraction of sp³-hybridized carbons (Fsp3) is 0.364. The lowest BCUT2D eigenvalue weighted by molar-refractivity contribution is -0.145. The van der Waals surface area contributed by atoms with Gasteiger partial charge in [0.1, 0.15) is 17.3 Å². The zero-order valence-electron chi connectivity index (χ0n) is 16.5. The topological polar surface area (TPSA) is 55.8 Å². The molecule has 0 aromatic heterocycles. The molecule has 0 radical (unpaired) electrons. The first-order valence-corrected chi connectivity index (χ1v) is 10.2. The van der Waals surface area contributed by atoms with E-state index < -0.39 is 28.7 Å². The van der Waals surface area contributed by atoms with Gasteiger partial charge in [-0.05, 0) is 35.4 Å². The van der Waals surface area contributed by atoms with Gasteiger partial charge in [0.05, 0.1) is 26.3 Å². The number of carbonyl (C=O) groups excluding carboxylic acids is 2. The van der Waals surface area contributed by atoms with Gasteiger partial charge < -0.3 is 14.4 Å². The van der Waals surface area contributed by atoms with Crippen LogP contribution in [0.1, 0.15) is 36.6 Å². The molecule has 0 unspecified atom stereocenters. The van der Waals surface area contributed by atoms with Crippen molar-refractivity contribution < 1.29 is 19.1 Å². The summed E-state index contributed by atoms with van der Waals surface area (Å²) in [7, 11) is 3.17. The quantitative estimate of drug-likeness (QED) is 0.637. The average molecular weight is 436 g/mol. The normalized spacial score (nSPS) is 21.9. The van der Waals surface area contributed by atoms with Crippen LogP contribution in [-0.4, -0.2) is 35.6 Å². The first-order valence-electron chi connectivity index (χ1n) is 9.28. The molecule has 0 aliphatic carbocycles. The summed E-state index contributed by atoms with van der Waals surface area (Å²) in [4.78, 5) is 26.4. The molecule has 29 heavy (non-hydrogen) atoms. The number of methoxy groups -OCH3 is 2. The number of alkyl halides is 2. The van der Waals surface area contributed by atoms with Gasteiger partial charge in [-0.15, -0.1) is 0 Å². The van der Waals surface area contributed by atoms with Crippen molar-refractivity contribution in [2.45, 2.75) is 30.3 Å². The Balaban J connectivity index is 2.08. The number of benzene rings is 2. The molecule has 0 bridgehead atoms. The minimum absolute atomic E-state index is 0.0800. The van der Waals surface area contributed by atoms with Gasteiger partial charge in [0.25, 0.3) is 5.91 Å². The minimum atomic E-state index is -1.23. The highest BCUT2D eigenvalue weighted by Gasteiger charge is 2.45. The zero-order valence-corrected chi connectivity index (χ0v) is 18.0. The molecule has 2 aromatic rings. The zero-order chi connectivity index (χ0) is 21.1. The third-order valence-corrected chi connectivity index (χ3v) is 5.78. The van der Waals surface area contributed by atoms with Crippen LogP contribution >= 0.6 is 23.2 Å². The van der Waals surface area contributed by atoms with Crippen LogP contribution in [0.3, 0.4) is 0 Å². The predicted molar refractivity (Wildman–Crippen MR) is 113 cm³/mol. The van der Waals surface area contributed by atoms with E-state index in [9.17, 15) is 9.59 Å². The van der Waals surface area contributed by atoms with Crippen LogP contribution < -0.4 is 9.47 Å². The maximum atomic E-state index is 13.1. The summed E-state index contributed by atoms with van der Waals surface area (Å²) in [6.45, 7) is 1.83. The second kappa shape index (κ2) is 9.06. The molecule has 1 aliphatic rings. The van der Waals surface area contributed by atoms with E-state index in [0.717, 1.165) is 11.1 Å². The smallest absolute Gasteiger partial charge is 0.256 e. The Kier molecular flexibility index (Phi) is 6.70. The van der Waals surface area contributed by atoms with E-state index in [4.69, 9.17) is 32.7 Å². The Labute approximate surface area is 180 Å². The van der Waals surface area contributed by atoms with E-state index in [-0.39, 0.29) is 12.2 Å². The van der Waals surface area contributed by atoms with E-state index in [1.165, 1.54) is 0 Å². The summed E-state index contributed by atoms with van der Waals surface area (Å²) >= 11 is 12.0. The molecule has 7 heteroatoms. The Morgan fingerprint density at radius 2 is 1.45 bits per heavy atom. The monoisotopic (exact) mass is 435 g/mol. The van der Waals surface area contributed by atoms with Gasteiger partial charge in [-0.1, -0.05) is 54.4 Å². The number of piperidine rings is 1. The summed E-state index contributed by atoms with van der Waals surface area (Å²) < 4.78 is 10.4. The van der Waals surface area contributed by atoms with Crippen LogP contribution in [0.2, 0.25) is 0 Å². The SMILES string of the molecule is COc1ccc([C@@H]2CC(=O)[C@@H](C)[C@H](c3ccc(OC)cc3)N2C(=O)C(Cl)Cl)cc1. The van der Waals surface area contributed by atoms with Crippen molar-refractivity contribution in [1.82, 2.24) is 4.90 Å². The summed E-state index contributed by atoms with van der Waals surface area (Å²) in [5.74, 6) is 0.654. The molecule has 3 atom stereocenters. The largest absolute Gasteiger partial charge is 0.497 e. The fourth-order valence-corrected chi connectivity index (χ4v) is 4.07. The van der Waals surface area contributed by atoms with E-state index in [1.807, 2.05) is 55.5 Å². The molecule has 0 N–H and O–H groups in total. The number of carbonyl (C=O) groups is 2. The molecule has 1 amide bonds. The van der Waals surface area contributed by atoms with Crippen LogP contribution in [0.5, 0.6) is 11.5 Å². The van der Waals surface area contributed by atoms with Crippen LogP contribution in [0.15, 0.2) is 48.5 Å². The number of likely N-dealkylation sites (tertiary alicyclic amines) is 1. The second-order valence-electron chi connectivity index (χ2n) is 7.01. The van der Waals surface area contributed by atoms with E-state index in [0.29, 0.717) is 11.5 Å². The molecule has 1 saturated heterocycles. The number of ketones is 1. The van der Waals surface area contributed by atoms with Gasteiger partial charge in [0.2, 0.25) is 0 Å². The molecule has 0 spiro atoms. The van der Waals surface area contributed by atoms with Gasteiger partial charge in [0, 0.05) is 12.3 Å². The summed E-state index contributed by atoms with van der Waals surface area (Å²) in [5, 5.41) is 0. The molecule has 1 fully saturated rings. The van der Waals surface area contributed by atoms with E-state index in [2.05, 4.69) is 0 Å². The molecule has 2 aromatic carbocycles. The molecule has 0 saturated carbocycles. The van der Waals surface area contributed by atoms with Crippen LogP contribution in [-0.2, 0) is 9.59 Å². The molecule has 1 heterocycles. The Morgan fingerprint density at radius 1 is 0.966 bits per heavy atom. The second-order valence-corrected chi connectivity index (χ2v) is 8.11. The highest BCUT2D eigenvalue weighted by atomic mass is 35.5. The maximum absolute atomic E-state index is 13.1. The fourth-order valence-electron chi connectivity index (χ4n) is 3.84. The van der Waals surface area contributed by atoms with Crippen LogP contribution in [0, 0.1) is 5.92 Å². The number of amides is 1. The van der Waals surface area contributed by atoms with E-state index >= 15 is 0 Å². The van der Waals surface area contributed by atoms with Crippen LogP contribution in [0.25, 0.3) is 0 Å². The van der Waals surface area contributed by atoms with Crippen molar-refractivity contribution in [2.24, 2.45) is 5.92 Å². The lowest BCUT2D eigenvalue weighted by Gasteiger charge is -2.45. The Bertz CT molecular complexity index is 867. The Morgan fingerprint density at radius 3 is 1.90 bits per heavy atom. The number of hydrogen-bond acceptors (Lipinski definition) is 4. The first-order chi connectivity index (χ1) is 13.9. The summed E-state index contributed by atoms with van der Waals surface area (Å²) in [6.07, 6.45) is 0.201. The molecular weight excluding hydrogens is 413 g/mol. The van der Waals surface area contributed by atoms with Crippen molar-refractivity contribution in [3.05, 3.63) is 59.7 Å². The van der Waals surface area contributed by atoms with Gasteiger partial charge in [-0.3, -0.25) is 9.59 Å². The van der Waals surface area contributed by atoms with E-state index in [1.54, 1.807) is 19.1 Å². The highest BCUT2D eigenvalue weighted by Crippen LogP contribution is 2.44. The van der Waals surface area contributed by atoms with Crippen molar-refractivity contribution in [3.8, 4) is 11.5 Å². The first kappa shape index (κ1) is 21.5. The maximum Gasteiger partial charge on any atom is 0.256 e. The minimum Gasteiger partial charge on any atom is -0.497 e. The lowest BCUT2D eigenvalue weighted by Crippen LogP contribution is -2.49. The molecule has 1 aliphatic heterocycles. The summed E-state index contributed by atoms with van der Waals surface area (Å²) in [6, 6.07) is 13.7. The summed E-state index contributed by atoms with van der Waals surface area (Å²) in [5.41, 5.74) is 1.65. The average Bonchev–Trinajstić information content (AvgIpc) is 2.74. The number of rotatable bonds is 5. The molecule has 5 nitrogen and oxygen atoms in total. The third kappa shape index (κ3) is 4.36.